The molecule has 0 bridgehead atoms. The lowest BCUT2D eigenvalue weighted by molar-refractivity contribution is -0.160. The Labute approximate surface area is 130 Å². The summed E-state index contributed by atoms with van der Waals surface area (Å²) < 4.78 is 10.5. The van der Waals surface area contributed by atoms with Crippen LogP contribution in [0.4, 0.5) is 5.69 Å². The molecule has 0 aliphatic heterocycles. The van der Waals surface area contributed by atoms with Crippen LogP contribution >= 0.6 is 0 Å². The van der Waals surface area contributed by atoms with Gasteiger partial charge >= 0.3 is 11.9 Å². The van der Waals surface area contributed by atoms with E-state index in [-0.39, 0.29) is 19.6 Å². The topological polar surface area (TPSA) is 98.9 Å². The van der Waals surface area contributed by atoms with Gasteiger partial charge in [0.2, 0.25) is 0 Å². The van der Waals surface area contributed by atoms with Gasteiger partial charge in [-0.05, 0) is 56.5 Å². The second-order valence-corrected chi connectivity index (χ2v) is 6.11. The number of carboxylic acid groups (broad SMARTS) is 1. The van der Waals surface area contributed by atoms with Gasteiger partial charge in [0.15, 0.2) is 0 Å². The molecule has 0 aromatic heterocycles. The van der Waals surface area contributed by atoms with Crippen LogP contribution in [0.2, 0.25) is 0 Å². The van der Waals surface area contributed by atoms with Gasteiger partial charge in [-0.25, -0.2) is 4.79 Å². The zero-order chi connectivity index (χ0) is 16.9. The number of carbonyl (C=O) groups excluding carboxylic acids is 1. The number of nitrogens with two attached hydrogens (primary N) is 1. The monoisotopic (exact) mass is 309 g/mol. The average Bonchev–Trinajstić information content (AvgIpc) is 2.31. The van der Waals surface area contributed by atoms with Gasteiger partial charge in [0.25, 0.3) is 0 Å². The molecule has 0 radical (unpaired) electrons. The van der Waals surface area contributed by atoms with Gasteiger partial charge in [0, 0.05) is 5.69 Å². The van der Waals surface area contributed by atoms with Gasteiger partial charge in [0.1, 0.15) is 12.2 Å². The van der Waals surface area contributed by atoms with Crippen LogP contribution < -0.4 is 5.73 Å². The fourth-order valence-electron chi connectivity index (χ4n) is 1.98. The third-order valence-electron chi connectivity index (χ3n) is 2.88. The minimum Gasteiger partial charge on any atom is -0.481 e. The van der Waals surface area contributed by atoms with Gasteiger partial charge in [-0.3, -0.25) is 4.79 Å². The smallest absolute Gasteiger partial charge is 0.332 e. The van der Waals surface area contributed by atoms with Crippen LogP contribution in [0, 0.1) is 6.92 Å². The highest BCUT2D eigenvalue weighted by molar-refractivity contribution is 5.72. The van der Waals surface area contributed by atoms with Gasteiger partial charge in [-0.15, -0.1) is 0 Å². The lowest BCUT2D eigenvalue weighted by Gasteiger charge is -2.19. The quantitative estimate of drug-likeness (QED) is 0.616. The summed E-state index contributed by atoms with van der Waals surface area (Å²) in [4.78, 5) is 22.4. The van der Waals surface area contributed by atoms with Crippen molar-refractivity contribution in [3.63, 3.8) is 0 Å². The Hall–Kier alpha value is -2.08. The molecule has 1 aromatic rings. The van der Waals surface area contributed by atoms with E-state index in [4.69, 9.17) is 20.3 Å². The highest BCUT2D eigenvalue weighted by Crippen LogP contribution is 2.20. The molecule has 6 nitrogen and oxygen atoms in total. The van der Waals surface area contributed by atoms with Crippen LogP contribution in [0.15, 0.2) is 12.1 Å². The largest absolute Gasteiger partial charge is 0.481 e. The summed E-state index contributed by atoms with van der Waals surface area (Å²) in [5.41, 5.74) is 7.91. The lowest BCUT2D eigenvalue weighted by atomic mass is 9.99. The molecule has 0 saturated heterocycles. The number of rotatable bonds is 6. The minimum atomic E-state index is -0.922. The predicted octanol–water partition coefficient (Wildman–Crippen LogP) is 2.06. The maximum absolute atomic E-state index is 11.6. The van der Waals surface area contributed by atoms with Crippen molar-refractivity contribution in [2.75, 3.05) is 12.3 Å². The summed E-state index contributed by atoms with van der Waals surface area (Å²) in [6.45, 7) is 7.16. The van der Waals surface area contributed by atoms with E-state index in [2.05, 4.69) is 0 Å². The highest BCUT2D eigenvalue weighted by atomic mass is 16.6. The molecule has 0 amide bonds. The van der Waals surface area contributed by atoms with Crippen molar-refractivity contribution in [3.05, 3.63) is 28.8 Å². The summed E-state index contributed by atoms with van der Waals surface area (Å²) in [5, 5.41) is 8.90. The molecule has 0 atom stereocenters. The molecule has 0 fully saturated rings. The first-order chi connectivity index (χ1) is 10.1. The van der Waals surface area contributed by atoms with Gasteiger partial charge < -0.3 is 20.3 Å². The molecule has 0 aliphatic carbocycles. The summed E-state index contributed by atoms with van der Waals surface area (Å²) in [7, 11) is 0. The maximum atomic E-state index is 11.6. The van der Waals surface area contributed by atoms with Crippen molar-refractivity contribution >= 4 is 17.6 Å². The van der Waals surface area contributed by atoms with E-state index in [0.717, 1.165) is 11.1 Å². The van der Waals surface area contributed by atoms with Crippen LogP contribution in [-0.2, 0) is 32.1 Å². The Morgan fingerprint density at radius 3 is 2.36 bits per heavy atom. The molecule has 6 heteroatoms. The number of hydrogen-bond acceptors (Lipinski definition) is 5. The van der Waals surface area contributed by atoms with Crippen LogP contribution in [0.3, 0.4) is 0 Å². The van der Waals surface area contributed by atoms with Gasteiger partial charge in [-0.1, -0.05) is 0 Å². The molecule has 122 valence electrons. The first kappa shape index (κ1) is 18.0. The molecule has 0 saturated carbocycles. The van der Waals surface area contributed by atoms with Crippen molar-refractivity contribution in [1.82, 2.24) is 0 Å². The normalized spacial score (nSPS) is 11.3. The Balaban J connectivity index is 2.68. The van der Waals surface area contributed by atoms with E-state index < -0.39 is 17.5 Å². The van der Waals surface area contributed by atoms with Crippen molar-refractivity contribution in [1.29, 1.82) is 0 Å². The number of carboxylic acids is 1. The number of aliphatic carboxylic acids is 1. The Morgan fingerprint density at radius 2 is 1.82 bits per heavy atom. The van der Waals surface area contributed by atoms with Crippen LogP contribution in [-0.4, -0.2) is 29.3 Å². The zero-order valence-electron chi connectivity index (χ0n) is 13.4. The number of ether oxygens (including phenoxy) is 2. The molecular weight excluding hydrogens is 286 g/mol. The summed E-state index contributed by atoms with van der Waals surface area (Å²) in [6.07, 6.45) is -0.101. The number of anilines is 1. The predicted molar refractivity (Wildman–Crippen MR) is 82.4 cm³/mol. The van der Waals surface area contributed by atoms with E-state index >= 15 is 0 Å². The first-order valence-electron chi connectivity index (χ1n) is 6.98. The lowest BCUT2D eigenvalue weighted by Crippen LogP contribution is -2.26. The van der Waals surface area contributed by atoms with Crippen molar-refractivity contribution < 1.29 is 24.2 Å². The van der Waals surface area contributed by atoms with Gasteiger partial charge in [-0.2, -0.15) is 0 Å². The number of hydrogen-bond donors (Lipinski definition) is 2. The van der Waals surface area contributed by atoms with Crippen LogP contribution in [0.5, 0.6) is 0 Å². The summed E-state index contributed by atoms with van der Waals surface area (Å²) >= 11 is 0. The molecule has 3 N–H and O–H groups in total. The van der Waals surface area contributed by atoms with E-state index in [1.165, 1.54) is 0 Å². The van der Waals surface area contributed by atoms with E-state index in [1.54, 1.807) is 32.9 Å². The molecule has 22 heavy (non-hydrogen) atoms. The number of carbonyl (C=O) groups is 2. The molecule has 0 heterocycles. The van der Waals surface area contributed by atoms with E-state index in [0.29, 0.717) is 11.3 Å². The maximum Gasteiger partial charge on any atom is 0.332 e. The minimum absolute atomic E-state index is 0.101. The Morgan fingerprint density at radius 1 is 1.23 bits per heavy atom. The fourth-order valence-corrected chi connectivity index (χ4v) is 1.98. The second-order valence-electron chi connectivity index (χ2n) is 6.11. The standard InChI is InChI=1S/C16H23NO5/c1-10-11(7-14(18)19)5-13(17)6-12(10)8-21-9-15(20)22-16(2,3)4/h5-6H,7-9,17H2,1-4H3,(H,18,19). The Kier molecular flexibility index (Phi) is 5.93. The zero-order valence-corrected chi connectivity index (χ0v) is 13.4. The van der Waals surface area contributed by atoms with Crippen molar-refractivity contribution in [2.24, 2.45) is 0 Å². The first-order valence-corrected chi connectivity index (χ1v) is 6.98. The van der Waals surface area contributed by atoms with Crippen molar-refractivity contribution in [2.45, 2.75) is 46.3 Å². The van der Waals surface area contributed by atoms with Crippen molar-refractivity contribution in [3.8, 4) is 0 Å². The third-order valence-corrected chi connectivity index (χ3v) is 2.88. The number of esters is 1. The highest BCUT2D eigenvalue weighted by Gasteiger charge is 2.16. The molecule has 1 rings (SSSR count). The van der Waals surface area contributed by atoms with Crippen LogP contribution in [0.25, 0.3) is 0 Å². The SMILES string of the molecule is Cc1c(COCC(=O)OC(C)(C)C)cc(N)cc1CC(=O)O. The van der Waals surface area contributed by atoms with E-state index in [1.807, 2.05) is 6.92 Å². The third kappa shape index (κ3) is 6.13. The fraction of sp³-hybridized carbons (Fsp3) is 0.500. The molecular formula is C16H23NO5. The number of nitrogen functional groups attached to an aromatic ring is 1. The molecule has 0 aliphatic rings. The molecule has 0 unspecified atom stereocenters. The average molecular weight is 309 g/mol. The Bertz CT molecular complexity index is 560. The second kappa shape index (κ2) is 7.26. The molecule has 1 aromatic carbocycles. The van der Waals surface area contributed by atoms with E-state index in [9.17, 15) is 9.59 Å². The van der Waals surface area contributed by atoms with Crippen LogP contribution in [0.1, 0.15) is 37.5 Å². The summed E-state index contributed by atoms with van der Waals surface area (Å²) in [5.74, 6) is -1.37. The van der Waals surface area contributed by atoms with Gasteiger partial charge in [0.05, 0.1) is 13.0 Å². The number of benzene rings is 1. The summed E-state index contributed by atoms with van der Waals surface area (Å²) in [6, 6.07) is 3.36. The molecule has 0 spiro atoms.